The molecule has 0 radical (unpaired) electrons. The number of nitrogens with zero attached hydrogens (tertiary/aromatic N) is 3. The van der Waals surface area contributed by atoms with Gasteiger partial charge < -0.3 is 11.1 Å². The van der Waals surface area contributed by atoms with Crippen LogP contribution in [0, 0.1) is 11.3 Å². The van der Waals surface area contributed by atoms with Crippen LogP contribution >= 0.6 is 11.8 Å². The van der Waals surface area contributed by atoms with Crippen molar-refractivity contribution in [1.29, 1.82) is 5.26 Å². The van der Waals surface area contributed by atoms with Crippen molar-refractivity contribution in [2.45, 2.75) is 10.4 Å². The number of anilines is 2. The molecule has 26 heavy (non-hydrogen) atoms. The Morgan fingerprint density at radius 3 is 2.38 bits per heavy atom. The standard InChI is InChI=1S/C19H15N5OS/c20-11-14-12-22-19(24-17(14)21)26-16(13-7-3-1-4-8-13)18(25)23-15-9-5-2-6-10-15/h1-10,12,16H,(H,23,25)(H2,21,22,24)/t16-/m0/s1. The molecule has 3 rings (SSSR count). The maximum Gasteiger partial charge on any atom is 0.242 e. The molecule has 0 saturated heterocycles. The van der Waals surface area contributed by atoms with Crippen LogP contribution in [0.5, 0.6) is 0 Å². The lowest BCUT2D eigenvalue weighted by Gasteiger charge is -2.16. The molecule has 0 aliphatic heterocycles. The van der Waals surface area contributed by atoms with E-state index in [1.165, 1.54) is 18.0 Å². The Balaban J connectivity index is 1.88. The van der Waals surface area contributed by atoms with Gasteiger partial charge >= 0.3 is 0 Å². The number of rotatable bonds is 5. The zero-order valence-electron chi connectivity index (χ0n) is 13.7. The van der Waals surface area contributed by atoms with Gasteiger partial charge in [-0.3, -0.25) is 4.79 Å². The van der Waals surface area contributed by atoms with Crippen molar-refractivity contribution < 1.29 is 4.79 Å². The molecule has 1 aromatic heterocycles. The van der Waals surface area contributed by atoms with E-state index in [0.29, 0.717) is 10.8 Å². The minimum atomic E-state index is -0.566. The number of hydrogen-bond acceptors (Lipinski definition) is 6. The van der Waals surface area contributed by atoms with E-state index in [2.05, 4.69) is 15.3 Å². The van der Waals surface area contributed by atoms with Crippen molar-refractivity contribution in [2.24, 2.45) is 0 Å². The first-order chi connectivity index (χ1) is 12.7. The van der Waals surface area contributed by atoms with Gasteiger partial charge in [0.1, 0.15) is 22.7 Å². The monoisotopic (exact) mass is 361 g/mol. The average Bonchev–Trinajstić information content (AvgIpc) is 2.67. The van der Waals surface area contributed by atoms with Crippen molar-refractivity contribution in [3.8, 4) is 6.07 Å². The molecule has 0 spiro atoms. The number of carbonyl (C=O) groups excluding carboxylic acids is 1. The number of para-hydroxylation sites is 1. The van der Waals surface area contributed by atoms with Gasteiger partial charge in [0.05, 0.1) is 6.20 Å². The summed E-state index contributed by atoms with van der Waals surface area (Å²) in [5, 5.41) is 11.6. The van der Waals surface area contributed by atoms with Crippen LogP contribution in [0.1, 0.15) is 16.4 Å². The topological polar surface area (TPSA) is 105 Å². The van der Waals surface area contributed by atoms with E-state index in [1.807, 2.05) is 66.7 Å². The smallest absolute Gasteiger partial charge is 0.242 e. The molecule has 6 nitrogen and oxygen atoms in total. The van der Waals surface area contributed by atoms with Crippen LogP contribution in [0.25, 0.3) is 0 Å². The maximum atomic E-state index is 12.9. The van der Waals surface area contributed by atoms with E-state index in [-0.39, 0.29) is 17.3 Å². The van der Waals surface area contributed by atoms with Gasteiger partial charge in [0.2, 0.25) is 5.91 Å². The fraction of sp³-hybridized carbons (Fsp3) is 0.0526. The largest absolute Gasteiger partial charge is 0.382 e. The molecule has 3 aromatic rings. The summed E-state index contributed by atoms with van der Waals surface area (Å²) in [7, 11) is 0. The number of nitrogens with one attached hydrogen (secondary N) is 1. The first-order valence-electron chi connectivity index (χ1n) is 7.77. The van der Waals surface area contributed by atoms with Gasteiger partial charge in [0, 0.05) is 5.69 Å². The average molecular weight is 361 g/mol. The van der Waals surface area contributed by atoms with Crippen LogP contribution in [0.4, 0.5) is 11.5 Å². The number of thioether (sulfide) groups is 1. The van der Waals surface area contributed by atoms with Crippen molar-refractivity contribution >= 4 is 29.2 Å². The molecule has 0 unspecified atom stereocenters. The fourth-order valence-electron chi connectivity index (χ4n) is 2.26. The molecule has 0 aliphatic rings. The lowest BCUT2D eigenvalue weighted by Crippen LogP contribution is -2.19. The molecule has 3 N–H and O–H groups in total. The maximum absolute atomic E-state index is 12.9. The Morgan fingerprint density at radius 1 is 1.12 bits per heavy atom. The second-order valence-electron chi connectivity index (χ2n) is 5.33. The molecule has 1 amide bonds. The van der Waals surface area contributed by atoms with Crippen LogP contribution in [-0.4, -0.2) is 15.9 Å². The Hall–Kier alpha value is -3.37. The number of carbonyl (C=O) groups is 1. The molecule has 7 heteroatoms. The minimum absolute atomic E-state index is 0.0975. The molecule has 1 atom stereocenters. The zero-order chi connectivity index (χ0) is 18.4. The number of hydrogen-bond donors (Lipinski definition) is 2. The molecule has 0 aliphatic carbocycles. The predicted octanol–water partition coefficient (Wildman–Crippen LogP) is 3.40. The predicted molar refractivity (Wildman–Crippen MR) is 101 cm³/mol. The highest BCUT2D eigenvalue weighted by Gasteiger charge is 2.23. The third kappa shape index (κ3) is 4.18. The Labute approximate surface area is 155 Å². The van der Waals surface area contributed by atoms with E-state index in [0.717, 1.165) is 5.56 Å². The van der Waals surface area contributed by atoms with Crippen molar-refractivity contribution in [3.63, 3.8) is 0 Å². The zero-order valence-corrected chi connectivity index (χ0v) is 14.5. The number of benzene rings is 2. The molecule has 128 valence electrons. The molecule has 0 bridgehead atoms. The third-order valence-corrected chi connectivity index (χ3v) is 4.65. The van der Waals surface area contributed by atoms with Crippen LogP contribution < -0.4 is 11.1 Å². The minimum Gasteiger partial charge on any atom is -0.382 e. The number of nitrogen functional groups attached to an aromatic ring is 1. The second kappa shape index (κ2) is 8.14. The van der Waals surface area contributed by atoms with Gasteiger partial charge in [0.15, 0.2) is 5.16 Å². The van der Waals surface area contributed by atoms with Crippen LogP contribution in [0.2, 0.25) is 0 Å². The van der Waals surface area contributed by atoms with E-state index in [9.17, 15) is 4.79 Å². The second-order valence-corrected chi connectivity index (χ2v) is 6.40. The molecule has 1 heterocycles. The Kier molecular flexibility index (Phi) is 5.46. The summed E-state index contributed by atoms with van der Waals surface area (Å²) >= 11 is 1.18. The normalized spacial score (nSPS) is 11.3. The highest BCUT2D eigenvalue weighted by atomic mass is 32.2. The van der Waals surface area contributed by atoms with Crippen molar-refractivity contribution in [1.82, 2.24) is 9.97 Å². The van der Waals surface area contributed by atoms with Gasteiger partial charge in [-0.1, -0.05) is 60.3 Å². The summed E-state index contributed by atoms with van der Waals surface area (Å²) < 4.78 is 0. The molecule has 0 fully saturated rings. The fourth-order valence-corrected chi connectivity index (χ4v) is 3.19. The van der Waals surface area contributed by atoms with Crippen LogP contribution in [0.3, 0.4) is 0 Å². The van der Waals surface area contributed by atoms with Crippen LogP contribution in [0.15, 0.2) is 72.0 Å². The molecular formula is C19H15N5OS. The number of nitrogens with two attached hydrogens (primary N) is 1. The summed E-state index contributed by atoms with van der Waals surface area (Å²) in [5.41, 5.74) is 7.49. The Morgan fingerprint density at radius 2 is 1.77 bits per heavy atom. The van der Waals surface area contributed by atoms with Crippen molar-refractivity contribution in [3.05, 3.63) is 78.0 Å². The third-order valence-electron chi connectivity index (χ3n) is 3.52. The number of aromatic nitrogens is 2. The van der Waals surface area contributed by atoms with E-state index in [4.69, 9.17) is 11.0 Å². The Bertz CT molecular complexity index is 941. The van der Waals surface area contributed by atoms with Gasteiger partial charge in [-0.15, -0.1) is 0 Å². The SMILES string of the molecule is N#Cc1cnc(S[C@H](C(=O)Nc2ccccc2)c2ccccc2)nc1N. The molecule has 0 saturated carbocycles. The first-order valence-corrected chi connectivity index (χ1v) is 8.65. The van der Waals surface area contributed by atoms with Gasteiger partial charge in [0.25, 0.3) is 0 Å². The van der Waals surface area contributed by atoms with Crippen LogP contribution in [-0.2, 0) is 4.79 Å². The van der Waals surface area contributed by atoms with E-state index < -0.39 is 5.25 Å². The number of nitriles is 1. The summed E-state index contributed by atoms with van der Waals surface area (Å²) in [6.07, 6.45) is 1.36. The summed E-state index contributed by atoms with van der Waals surface area (Å²) in [6, 6.07) is 20.5. The quantitative estimate of drug-likeness (QED) is 0.533. The van der Waals surface area contributed by atoms with Crippen molar-refractivity contribution in [2.75, 3.05) is 11.1 Å². The van der Waals surface area contributed by atoms with Gasteiger partial charge in [-0.25, -0.2) is 9.97 Å². The van der Waals surface area contributed by atoms with E-state index >= 15 is 0 Å². The summed E-state index contributed by atoms with van der Waals surface area (Å²) in [5.74, 6) is -0.0980. The van der Waals surface area contributed by atoms with E-state index in [1.54, 1.807) is 0 Å². The first kappa shape index (κ1) is 17.5. The summed E-state index contributed by atoms with van der Waals surface area (Å²) in [4.78, 5) is 21.1. The van der Waals surface area contributed by atoms with Gasteiger partial charge in [-0.05, 0) is 17.7 Å². The number of amides is 1. The highest BCUT2D eigenvalue weighted by Crippen LogP contribution is 2.34. The van der Waals surface area contributed by atoms with Gasteiger partial charge in [-0.2, -0.15) is 5.26 Å². The lowest BCUT2D eigenvalue weighted by atomic mass is 10.1. The highest BCUT2D eigenvalue weighted by molar-refractivity contribution is 8.00. The summed E-state index contributed by atoms with van der Waals surface area (Å²) in [6.45, 7) is 0. The molecular weight excluding hydrogens is 346 g/mol. The molecule has 2 aromatic carbocycles. The lowest BCUT2D eigenvalue weighted by molar-refractivity contribution is -0.115.